The lowest BCUT2D eigenvalue weighted by molar-refractivity contribution is 0.0816. The lowest BCUT2D eigenvalue weighted by atomic mass is 9.76. The summed E-state index contributed by atoms with van der Waals surface area (Å²) in [7, 11) is 1.77. The normalized spacial score (nSPS) is 30.2. The van der Waals surface area contributed by atoms with Crippen LogP contribution in [0.4, 0.5) is 8.78 Å². The third-order valence-electron chi connectivity index (χ3n) is 3.84. The van der Waals surface area contributed by atoms with Crippen LogP contribution < -0.4 is 5.73 Å². The average molecular weight is 248 g/mol. The summed E-state index contributed by atoms with van der Waals surface area (Å²) in [6.07, 6.45) is 3.59. The molecule has 3 atom stereocenters. The highest BCUT2D eigenvalue weighted by atomic mass is 19.3. The Kier molecular flexibility index (Phi) is 6.34. The second-order valence-electron chi connectivity index (χ2n) is 5.50. The Hall–Kier alpha value is -0.220. The van der Waals surface area contributed by atoms with Crippen LogP contribution in [0.25, 0.3) is 0 Å². The van der Waals surface area contributed by atoms with Crippen LogP contribution in [0.1, 0.15) is 39.0 Å². The molecule has 0 spiro atoms. The van der Waals surface area contributed by atoms with Crippen LogP contribution in [0.15, 0.2) is 0 Å². The van der Waals surface area contributed by atoms with Crippen molar-refractivity contribution in [3.8, 4) is 0 Å². The van der Waals surface area contributed by atoms with E-state index in [9.17, 15) is 8.78 Å². The molecule has 1 saturated carbocycles. The fourth-order valence-corrected chi connectivity index (χ4v) is 2.98. The van der Waals surface area contributed by atoms with Gasteiger partial charge in [0.15, 0.2) is 0 Å². The number of hydrogen-bond donors (Lipinski definition) is 1. The van der Waals surface area contributed by atoms with Crippen molar-refractivity contribution in [3.05, 3.63) is 0 Å². The maximum absolute atomic E-state index is 12.3. The third-order valence-corrected chi connectivity index (χ3v) is 3.84. The van der Waals surface area contributed by atoms with Gasteiger partial charge >= 0.3 is 0 Å². The number of nitrogens with zero attached hydrogens (tertiary/aromatic N) is 1. The number of halogens is 2. The largest absolute Gasteiger partial charge is 0.327 e. The zero-order chi connectivity index (χ0) is 12.8. The number of nitrogens with two attached hydrogens (primary N) is 1. The van der Waals surface area contributed by atoms with E-state index in [2.05, 4.69) is 6.92 Å². The SMILES string of the molecule is CCCC1CCC(N)C(CN(C)CC(F)F)C1. The highest BCUT2D eigenvalue weighted by Crippen LogP contribution is 2.31. The lowest BCUT2D eigenvalue weighted by Gasteiger charge is -2.36. The van der Waals surface area contributed by atoms with E-state index in [-0.39, 0.29) is 12.6 Å². The van der Waals surface area contributed by atoms with Gasteiger partial charge in [0.2, 0.25) is 0 Å². The molecule has 17 heavy (non-hydrogen) atoms. The standard InChI is InChI=1S/C13H26F2N2/c1-3-4-10-5-6-12(16)11(7-10)8-17(2)9-13(14)15/h10-13H,3-9,16H2,1-2H3. The van der Waals surface area contributed by atoms with Gasteiger partial charge in [0.1, 0.15) is 0 Å². The predicted molar refractivity (Wildman–Crippen MR) is 67.2 cm³/mol. The first kappa shape index (κ1) is 14.8. The quantitative estimate of drug-likeness (QED) is 0.783. The Bertz CT molecular complexity index is 212. The number of rotatable bonds is 6. The molecule has 102 valence electrons. The monoisotopic (exact) mass is 248 g/mol. The summed E-state index contributed by atoms with van der Waals surface area (Å²) < 4.78 is 24.5. The molecule has 4 heteroatoms. The minimum Gasteiger partial charge on any atom is -0.327 e. The van der Waals surface area contributed by atoms with Crippen LogP contribution in [0.5, 0.6) is 0 Å². The molecule has 2 nitrogen and oxygen atoms in total. The van der Waals surface area contributed by atoms with Gasteiger partial charge in [0.25, 0.3) is 6.43 Å². The molecule has 0 aromatic rings. The zero-order valence-corrected chi connectivity index (χ0v) is 11.0. The fourth-order valence-electron chi connectivity index (χ4n) is 2.98. The Morgan fingerprint density at radius 3 is 2.65 bits per heavy atom. The van der Waals surface area contributed by atoms with Gasteiger partial charge in [-0.15, -0.1) is 0 Å². The molecule has 0 aliphatic heterocycles. The molecular weight excluding hydrogens is 222 g/mol. The zero-order valence-electron chi connectivity index (χ0n) is 11.0. The van der Waals surface area contributed by atoms with Crippen LogP contribution in [0.2, 0.25) is 0 Å². The van der Waals surface area contributed by atoms with Crippen molar-refractivity contribution in [3.63, 3.8) is 0 Å². The van der Waals surface area contributed by atoms with Gasteiger partial charge < -0.3 is 10.6 Å². The molecule has 1 fully saturated rings. The van der Waals surface area contributed by atoms with Gasteiger partial charge in [-0.1, -0.05) is 19.8 Å². The maximum Gasteiger partial charge on any atom is 0.251 e. The molecule has 0 bridgehead atoms. The second-order valence-corrected chi connectivity index (χ2v) is 5.50. The van der Waals surface area contributed by atoms with Crippen LogP contribution in [0, 0.1) is 11.8 Å². The van der Waals surface area contributed by atoms with E-state index >= 15 is 0 Å². The molecule has 0 heterocycles. The minimum atomic E-state index is -2.24. The third kappa shape index (κ3) is 5.30. The Balaban J connectivity index is 2.38. The molecule has 0 aromatic heterocycles. The highest BCUT2D eigenvalue weighted by molar-refractivity contribution is 4.84. The average Bonchev–Trinajstić information content (AvgIpc) is 2.22. The Morgan fingerprint density at radius 1 is 1.35 bits per heavy atom. The first-order chi connectivity index (χ1) is 8.02. The van der Waals surface area contributed by atoms with E-state index in [1.165, 1.54) is 19.3 Å². The van der Waals surface area contributed by atoms with Crippen molar-refractivity contribution < 1.29 is 8.78 Å². The smallest absolute Gasteiger partial charge is 0.251 e. The van der Waals surface area contributed by atoms with Crippen LogP contribution in [-0.4, -0.2) is 37.5 Å². The van der Waals surface area contributed by atoms with Crippen molar-refractivity contribution in [1.29, 1.82) is 0 Å². The predicted octanol–water partition coefficient (Wildman–Crippen LogP) is 2.73. The first-order valence-electron chi connectivity index (χ1n) is 6.75. The van der Waals surface area contributed by atoms with E-state index in [4.69, 9.17) is 5.73 Å². The molecule has 0 saturated heterocycles. The number of hydrogen-bond acceptors (Lipinski definition) is 2. The molecule has 1 aliphatic carbocycles. The molecule has 0 radical (unpaired) electrons. The maximum atomic E-state index is 12.3. The molecule has 0 amide bonds. The fraction of sp³-hybridized carbons (Fsp3) is 1.00. The van der Waals surface area contributed by atoms with Gasteiger partial charge in [-0.2, -0.15) is 0 Å². The van der Waals surface area contributed by atoms with Crippen LogP contribution in [0.3, 0.4) is 0 Å². The summed E-state index contributed by atoms with van der Waals surface area (Å²) in [5.74, 6) is 1.15. The van der Waals surface area contributed by atoms with E-state index in [0.717, 1.165) is 18.8 Å². The lowest BCUT2D eigenvalue weighted by Crippen LogP contribution is -2.43. The van der Waals surface area contributed by atoms with Crippen LogP contribution in [-0.2, 0) is 0 Å². The summed E-state index contributed by atoms with van der Waals surface area (Å²) in [5.41, 5.74) is 6.10. The van der Waals surface area contributed by atoms with E-state index in [1.807, 2.05) is 0 Å². The topological polar surface area (TPSA) is 29.3 Å². The summed E-state index contributed by atoms with van der Waals surface area (Å²) >= 11 is 0. The molecular formula is C13H26F2N2. The van der Waals surface area contributed by atoms with E-state index in [0.29, 0.717) is 12.5 Å². The summed E-state index contributed by atoms with van der Waals surface area (Å²) in [5, 5.41) is 0. The van der Waals surface area contributed by atoms with Gasteiger partial charge in [-0.05, 0) is 38.1 Å². The van der Waals surface area contributed by atoms with Crippen molar-refractivity contribution >= 4 is 0 Å². The Morgan fingerprint density at radius 2 is 2.06 bits per heavy atom. The summed E-state index contributed by atoms with van der Waals surface area (Å²) in [6, 6.07) is 0.197. The highest BCUT2D eigenvalue weighted by Gasteiger charge is 2.28. The van der Waals surface area contributed by atoms with Crippen molar-refractivity contribution in [1.82, 2.24) is 4.90 Å². The van der Waals surface area contributed by atoms with Crippen molar-refractivity contribution in [2.75, 3.05) is 20.1 Å². The minimum absolute atomic E-state index is 0.137. The first-order valence-corrected chi connectivity index (χ1v) is 6.75. The van der Waals surface area contributed by atoms with Gasteiger partial charge in [0, 0.05) is 12.6 Å². The van der Waals surface area contributed by atoms with Gasteiger partial charge in [-0.25, -0.2) is 8.78 Å². The molecule has 1 rings (SSSR count). The van der Waals surface area contributed by atoms with E-state index < -0.39 is 6.43 Å². The number of alkyl halides is 2. The summed E-state index contributed by atoms with van der Waals surface area (Å²) in [6.45, 7) is 2.78. The van der Waals surface area contributed by atoms with Gasteiger partial charge in [0.05, 0.1) is 6.54 Å². The molecule has 2 N–H and O–H groups in total. The summed E-state index contributed by atoms with van der Waals surface area (Å²) in [4.78, 5) is 1.73. The Labute approximate surface area is 104 Å². The molecule has 1 aliphatic rings. The van der Waals surface area contributed by atoms with E-state index in [1.54, 1.807) is 11.9 Å². The van der Waals surface area contributed by atoms with Crippen LogP contribution >= 0.6 is 0 Å². The second kappa shape index (κ2) is 7.27. The molecule has 3 unspecified atom stereocenters. The van der Waals surface area contributed by atoms with Crippen molar-refractivity contribution in [2.45, 2.75) is 51.5 Å². The molecule has 0 aromatic carbocycles. The van der Waals surface area contributed by atoms with Gasteiger partial charge in [-0.3, -0.25) is 0 Å². The van der Waals surface area contributed by atoms with Crippen molar-refractivity contribution in [2.24, 2.45) is 17.6 Å².